The molecule has 1 N–H and O–H groups in total. The molecule has 1 heterocycles. The first-order chi connectivity index (χ1) is 11.9. The number of hydrogen-bond acceptors (Lipinski definition) is 4. The predicted molar refractivity (Wildman–Crippen MR) is 106 cm³/mol. The minimum absolute atomic E-state index is 0.0607. The van der Waals surface area contributed by atoms with E-state index < -0.39 is 10.0 Å². The summed E-state index contributed by atoms with van der Waals surface area (Å²) in [5.74, 6) is 0. The molecule has 1 aliphatic rings. The first-order valence-corrected chi connectivity index (χ1v) is 10.5. The molecule has 0 saturated carbocycles. The predicted octanol–water partition coefficient (Wildman–Crippen LogP) is 3.66. The van der Waals surface area contributed by atoms with E-state index in [-0.39, 0.29) is 9.92 Å². The molecule has 5 nitrogen and oxygen atoms in total. The molecule has 0 radical (unpaired) electrons. The number of anilines is 2. The first kappa shape index (κ1) is 18.5. The van der Waals surface area contributed by atoms with E-state index in [9.17, 15) is 8.42 Å². The SMILES string of the molecule is CN1CCN(c2ccccc2NS(=O)(=O)c2ccc(Br)cc2Cl)CC1. The van der Waals surface area contributed by atoms with Crippen molar-refractivity contribution in [2.75, 3.05) is 42.8 Å². The molecule has 1 saturated heterocycles. The summed E-state index contributed by atoms with van der Waals surface area (Å²) < 4.78 is 29.0. The first-order valence-electron chi connectivity index (χ1n) is 7.87. The number of benzene rings is 2. The van der Waals surface area contributed by atoms with Crippen LogP contribution in [0.25, 0.3) is 0 Å². The number of likely N-dealkylation sites (N-methyl/N-ethyl adjacent to an activating group) is 1. The van der Waals surface area contributed by atoms with E-state index in [4.69, 9.17) is 11.6 Å². The average Bonchev–Trinajstić information content (AvgIpc) is 2.55. The molecule has 25 heavy (non-hydrogen) atoms. The maximum absolute atomic E-state index is 12.8. The minimum Gasteiger partial charge on any atom is -0.367 e. The summed E-state index contributed by atoms with van der Waals surface area (Å²) in [7, 11) is -1.69. The van der Waals surface area contributed by atoms with Crippen molar-refractivity contribution in [1.29, 1.82) is 0 Å². The van der Waals surface area contributed by atoms with Gasteiger partial charge in [0.1, 0.15) is 4.90 Å². The lowest BCUT2D eigenvalue weighted by Crippen LogP contribution is -2.44. The fourth-order valence-corrected chi connectivity index (χ4v) is 4.89. The maximum Gasteiger partial charge on any atom is 0.263 e. The Morgan fingerprint density at radius 2 is 1.76 bits per heavy atom. The van der Waals surface area contributed by atoms with Gasteiger partial charge in [0.15, 0.2) is 0 Å². The Bertz CT molecular complexity index is 868. The number of sulfonamides is 1. The summed E-state index contributed by atoms with van der Waals surface area (Å²) in [6, 6.07) is 12.2. The van der Waals surface area contributed by atoms with Crippen molar-refractivity contribution in [3.63, 3.8) is 0 Å². The van der Waals surface area contributed by atoms with Gasteiger partial charge in [-0.15, -0.1) is 0 Å². The average molecular weight is 445 g/mol. The quantitative estimate of drug-likeness (QED) is 0.782. The Morgan fingerprint density at radius 1 is 1.08 bits per heavy atom. The molecule has 0 amide bonds. The van der Waals surface area contributed by atoms with Crippen LogP contribution in [0.4, 0.5) is 11.4 Å². The molecule has 0 spiro atoms. The van der Waals surface area contributed by atoms with Gasteiger partial charge in [-0.05, 0) is 37.4 Å². The van der Waals surface area contributed by atoms with Gasteiger partial charge < -0.3 is 9.80 Å². The highest BCUT2D eigenvalue weighted by atomic mass is 79.9. The lowest BCUT2D eigenvalue weighted by Gasteiger charge is -2.35. The fraction of sp³-hybridized carbons (Fsp3) is 0.294. The molecule has 2 aromatic carbocycles. The van der Waals surface area contributed by atoms with Crippen molar-refractivity contribution >= 4 is 48.9 Å². The van der Waals surface area contributed by atoms with Crippen LogP contribution in [0.3, 0.4) is 0 Å². The van der Waals surface area contributed by atoms with Crippen LogP contribution in [0, 0.1) is 0 Å². The third-order valence-electron chi connectivity index (χ3n) is 4.18. The monoisotopic (exact) mass is 443 g/mol. The van der Waals surface area contributed by atoms with Crippen LogP contribution in [0.5, 0.6) is 0 Å². The van der Waals surface area contributed by atoms with Crippen LogP contribution in [-0.4, -0.2) is 46.5 Å². The molecule has 0 aromatic heterocycles. The topological polar surface area (TPSA) is 52.6 Å². The second-order valence-electron chi connectivity index (χ2n) is 5.99. The zero-order valence-corrected chi connectivity index (χ0v) is 16.9. The van der Waals surface area contributed by atoms with Crippen LogP contribution in [0.15, 0.2) is 51.8 Å². The van der Waals surface area contributed by atoms with Gasteiger partial charge in [0.2, 0.25) is 0 Å². The number of nitrogens with one attached hydrogen (secondary N) is 1. The molecule has 134 valence electrons. The zero-order chi connectivity index (χ0) is 18.0. The van der Waals surface area contributed by atoms with Crippen LogP contribution in [0.2, 0.25) is 5.02 Å². The van der Waals surface area contributed by atoms with E-state index in [0.29, 0.717) is 5.69 Å². The van der Waals surface area contributed by atoms with Gasteiger partial charge in [0, 0.05) is 30.7 Å². The molecule has 3 rings (SSSR count). The molecular weight excluding hydrogens is 426 g/mol. The molecule has 0 aliphatic carbocycles. The third-order valence-corrected chi connectivity index (χ3v) is 6.52. The summed E-state index contributed by atoms with van der Waals surface area (Å²) >= 11 is 9.41. The number of rotatable bonds is 4. The second kappa shape index (κ2) is 7.53. The zero-order valence-electron chi connectivity index (χ0n) is 13.7. The van der Waals surface area contributed by atoms with Crippen molar-refractivity contribution in [3.8, 4) is 0 Å². The summed E-state index contributed by atoms with van der Waals surface area (Å²) in [5, 5.41) is 0.180. The van der Waals surface area contributed by atoms with Gasteiger partial charge in [0.05, 0.1) is 16.4 Å². The Morgan fingerprint density at radius 3 is 2.44 bits per heavy atom. The van der Waals surface area contributed by atoms with E-state index in [2.05, 4.69) is 37.5 Å². The third kappa shape index (κ3) is 4.28. The summed E-state index contributed by atoms with van der Waals surface area (Å²) in [6.07, 6.45) is 0. The van der Waals surface area contributed by atoms with Gasteiger partial charge >= 0.3 is 0 Å². The molecular formula is C17H19BrClN3O2S. The normalized spacial score (nSPS) is 16.0. The molecule has 0 bridgehead atoms. The standard InChI is InChI=1S/C17H19BrClN3O2S/c1-21-8-10-22(11-9-21)16-5-3-2-4-15(16)20-25(23,24)17-7-6-13(18)12-14(17)19/h2-7,12,20H,8-11H2,1H3. The van der Waals surface area contributed by atoms with Crippen LogP contribution in [0.1, 0.15) is 0 Å². The molecule has 8 heteroatoms. The van der Waals surface area contributed by atoms with Gasteiger partial charge in [-0.3, -0.25) is 4.72 Å². The van der Waals surface area contributed by atoms with Gasteiger partial charge in [-0.1, -0.05) is 39.7 Å². The van der Waals surface area contributed by atoms with E-state index >= 15 is 0 Å². The maximum atomic E-state index is 12.8. The number of hydrogen-bond donors (Lipinski definition) is 1. The van der Waals surface area contributed by atoms with Crippen molar-refractivity contribution in [3.05, 3.63) is 52.0 Å². The lowest BCUT2D eigenvalue weighted by atomic mass is 10.2. The van der Waals surface area contributed by atoms with Crippen molar-refractivity contribution < 1.29 is 8.42 Å². The van der Waals surface area contributed by atoms with Crippen molar-refractivity contribution in [2.45, 2.75) is 4.90 Å². The van der Waals surface area contributed by atoms with Crippen LogP contribution >= 0.6 is 27.5 Å². The van der Waals surface area contributed by atoms with Crippen molar-refractivity contribution in [1.82, 2.24) is 4.90 Å². The number of para-hydroxylation sites is 2. The molecule has 0 unspecified atom stereocenters. The van der Waals surface area contributed by atoms with E-state index in [1.807, 2.05) is 18.2 Å². The highest BCUT2D eigenvalue weighted by Gasteiger charge is 2.22. The Hall–Kier alpha value is -1.28. The van der Waals surface area contributed by atoms with Gasteiger partial charge in [0.25, 0.3) is 10.0 Å². The smallest absolute Gasteiger partial charge is 0.263 e. The molecule has 1 aliphatic heterocycles. The lowest BCUT2D eigenvalue weighted by molar-refractivity contribution is 0.313. The Labute approximate surface area is 161 Å². The Balaban J connectivity index is 1.90. The van der Waals surface area contributed by atoms with Crippen LogP contribution < -0.4 is 9.62 Å². The second-order valence-corrected chi connectivity index (χ2v) is 8.96. The highest BCUT2D eigenvalue weighted by molar-refractivity contribution is 9.10. The fourth-order valence-electron chi connectivity index (χ4n) is 2.78. The number of halogens is 2. The summed E-state index contributed by atoms with van der Waals surface area (Å²) in [5.41, 5.74) is 1.44. The largest absolute Gasteiger partial charge is 0.367 e. The Kier molecular flexibility index (Phi) is 5.58. The molecule has 2 aromatic rings. The summed E-state index contributed by atoms with van der Waals surface area (Å²) in [4.78, 5) is 4.51. The van der Waals surface area contributed by atoms with Crippen LogP contribution in [-0.2, 0) is 10.0 Å². The number of nitrogens with zero attached hydrogens (tertiary/aromatic N) is 2. The van der Waals surface area contributed by atoms with E-state index in [0.717, 1.165) is 36.3 Å². The van der Waals surface area contributed by atoms with E-state index in [1.165, 1.54) is 6.07 Å². The van der Waals surface area contributed by atoms with Crippen molar-refractivity contribution in [2.24, 2.45) is 0 Å². The number of piperazine rings is 1. The van der Waals surface area contributed by atoms with Gasteiger partial charge in [-0.2, -0.15) is 0 Å². The van der Waals surface area contributed by atoms with Gasteiger partial charge in [-0.25, -0.2) is 8.42 Å². The highest BCUT2D eigenvalue weighted by Crippen LogP contribution is 2.31. The molecule has 0 atom stereocenters. The minimum atomic E-state index is -3.77. The molecule has 1 fully saturated rings. The summed E-state index contributed by atoms with van der Waals surface area (Å²) in [6.45, 7) is 3.60. The van der Waals surface area contributed by atoms with E-state index in [1.54, 1.807) is 18.2 Å².